The van der Waals surface area contributed by atoms with Crippen LogP contribution in [0.5, 0.6) is 0 Å². The number of allylic oxidation sites excluding steroid dienone is 1. The Morgan fingerprint density at radius 1 is 0.969 bits per heavy atom. The third kappa shape index (κ3) is 4.89. The molecular weight excluding hydrogens is 412 g/mol. The van der Waals surface area contributed by atoms with E-state index in [2.05, 4.69) is 80.6 Å². The summed E-state index contributed by atoms with van der Waals surface area (Å²) in [6.07, 6.45) is 7.69. The molecule has 0 aromatic heterocycles. The molecule has 0 saturated heterocycles. The number of esters is 1. The van der Waals surface area contributed by atoms with E-state index in [4.69, 9.17) is 4.74 Å². The van der Waals surface area contributed by atoms with Gasteiger partial charge in [-0.25, -0.2) is 4.79 Å². The van der Waals surface area contributed by atoms with Crippen molar-refractivity contribution in [1.82, 2.24) is 0 Å². The fourth-order valence-corrected chi connectivity index (χ4v) is 4.99. The smallest absolute Gasteiger partial charge is 0.338 e. The maximum absolute atomic E-state index is 11.9. The molecule has 0 atom stereocenters. The van der Waals surface area contributed by atoms with Gasteiger partial charge in [-0.2, -0.15) is 0 Å². The van der Waals surface area contributed by atoms with Crippen LogP contribution in [-0.4, -0.2) is 12.6 Å². The molecule has 0 spiro atoms. The summed E-state index contributed by atoms with van der Waals surface area (Å²) in [4.78, 5) is 14.5. The summed E-state index contributed by atoms with van der Waals surface area (Å²) in [6.45, 7) is 6.82. The number of hydrogen-bond donors (Lipinski definition) is 0. The van der Waals surface area contributed by atoms with Crippen molar-refractivity contribution >= 4 is 34.8 Å². The van der Waals surface area contributed by atoms with E-state index < -0.39 is 0 Å². The zero-order valence-corrected chi connectivity index (χ0v) is 19.6. The topological polar surface area (TPSA) is 26.3 Å². The highest BCUT2D eigenvalue weighted by atomic mass is 32.2. The largest absolute Gasteiger partial charge is 0.462 e. The molecule has 3 aromatic carbocycles. The summed E-state index contributed by atoms with van der Waals surface area (Å²) < 4.78 is 5.07. The van der Waals surface area contributed by atoms with Crippen molar-refractivity contribution in [2.45, 2.75) is 37.5 Å². The highest BCUT2D eigenvalue weighted by Crippen LogP contribution is 2.47. The Balaban J connectivity index is 1.66. The molecule has 0 bridgehead atoms. The lowest BCUT2D eigenvalue weighted by atomic mass is 9.74. The second kappa shape index (κ2) is 9.62. The molecule has 3 heteroatoms. The van der Waals surface area contributed by atoms with Crippen molar-refractivity contribution < 1.29 is 9.53 Å². The Morgan fingerprint density at radius 2 is 1.72 bits per heavy atom. The molecule has 0 radical (unpaired) electrons. The van der Waals surface area contributed by atoms with E-state index in [0.717, 1.165) is 12.0 Å². The minimum atomic E-state index is -0.282. The summed E-state index contributed by atoms with van der Waals surface area (Å²) in [5, 5.41) is 0. The molecule has 0 N–H and O–H groups in total. The van der Waals surface area contributed by atoms with Crippen LogP contribution in [0.25, 0.3) is 17.1 Å². The Hall–Kier alpha value is -3.04. The number of carbonyl (C=O) groups is 1. The zero-order valence-electron chi connectivity index (χ0n) is 18.8. The fourth-order valence-electron chi connectivity index (χ4n) is 3.95. The number of fused-ring (bicyclic) bond motifs is 1. The number of hydrogen-bond acceptors (Lipinski definition) is 3. The molecule has 0 aliphatic heterocycles. The summed E-state index contributed by atoms with van der Waals surface area (Å²) in [5.74, 6) is -0.282. The van der Waals surface area contributed by atoms with Crippen LogP contribution < -0.4 is 0 Å². The number of ether oxygens (including phenoxy) is 1. The van der Waals surface area contributed by atoms with Crippen LogP contribution in [0.15, 0.2) is 83.8 Å². The molecule has 3 aromatic rings. The van der Waals surface area contributed by atoms with Crippen molar-refractivity contribution in [2.75, 3.05) is 6.61 Å². The summed E-state index contributed by atoms with van der Waals surface area (Å²) in [6, 6.07) is 24.7. The molecule has 162 valence electrons. The molecule has 1 aliphatic rings. The molecule has 2 nitrogen and oxygen atoms in total. The SMILES string of the molecule is CCOC(=O)c1ccc(C=Cc2cccc3c2C(Sc2ccccc2)=CCC3(C)C)cc1. The highest BCUT2D eigenvalue weighted by Gasteiger charge is 2.29. The highest BCUT2D eigenvalue weighted by molar-refractivity contribution is 8.08. The van der Waals surface area contributed by atoms with Crippen molar-refractivity contribution in [3.05, 3.63) is 107 Å². The van der Waals surface area contributed by atoms with E-state index in [9.17, 15) is 4.79 Å². The van der Waals surface area contributed by atoms with E-state index in [1.54, 1.807) is 0 Å². The minimum absolute atomic E-state index is 0.0984. The lowest BCUT2D eigenvalue weighted by molar-refractivity contribution is 0.0526. The van der Waals surface area contributed by atoms with Crippen LogP contribution in [0, 0.1) is 0 Å². The van der Waals surface area contributed by atoms with Crippen molar-refractivity contribution in [2.24, 2.45) is 0 Å². The average Bonchev–Trinajstić information content (AvgIpc) is 2.81. The number of benzene rings is 3. The van der Waals surface area contributed by atoms with Gasteiger partial charge in [-0.1, -0.05) is 92.4 Å². The lowest BCUT2D eigenvalue weighted by Gasteiger charge is -2.33. The van der Waals surface area contributed by atoms with E-state index in [0.29, 0.717) is 12.2 Å². The van der Waals surface area contributed by atoms with Crippen LogP contribution in [-0.2, 0) is 10.2 Å². The van der Waals surface area contributed by atoms with E-state index >= 15 is 0 Å². The van der Waals surface area contributed by atoms with Gasteiger partial charge in [0.2, 0.25) is 0 Å². The first-order valence-electron chi connectivity index (χ1n) is 11.0. The molecule has 0 amide bonds. The number of carbonyl (C=O) groups excluding carboxylic acids is 1. The molecule has 0 heterocycles. The van der Waals surface area contributed by atoms with Crippen LogP contribution in [0.1, 0.15) is 59.8 Å². The normalized spacial score (nSPS) is 14.7. The van der Waals surface area contributed by atoms with Gasteiger partial charge < -0.3 is 4.74 Å². The van der Waals surface area contributed by atoms with Gasteiger partial charge in [0, 0.05) is 9.80 Å². The van der Waals surface area contributed by atoms with E-state index in [1.165, 1.54) is 26.5 Å². The van der Waals surface area contributed by atoms with Gasteiger partial charge in [-0.3, -0.25) is 0 Å². The molecule has 0 saturated carbocycles. The van der Waals surface area contributed by atoms with Gasteiger partial charge in [-0.15, -0.1) is 0 Å². The summed E-state index contributed by atoms with van der Waals surface area (Å²) >= 11 is 1.83. The second-order valence-electron chi connectivity index (χ2n) is 8.52. The Labute approximate surface area is 195 Å². The standard InChI is InChI=1S/C29H28O2S/c1-4-31-28(30)23-17-14-21(15-18-23)13-16-22-9-8-12-25-27(22)26(19-20-29(25,2)3)32-24-10-6-5-7-11-24/h5-19H,4,20H2,1-3H3. The third-order valence-corrected chi connectivity index (χ3v) is 6.82. The fraction of sp³-hybridized carbons (Fsp3) is 0.207. The zero-order chi connectivity index (χ0) is 22.6. The van der Waals surface area contributed by atoms with Gasteiger partial charge >= 0.3 is 5.97 Å². The van der Waals surface area contributed by atoms with Crippen LogP contribution >= 0.6 is 11.8 Å². The van der Waals surface area contributed by atoms with Gasteiger partial charge in [0.15, 0.2) is 0 Å². The third-order valence-electron chi connectivity index (χ3n) is 5.72. The summed E-state index contributed by atoms with van der Waals surface area (Å²) in [5.41, 5.74) is 5.63. The van der Waals surface area contributed by atoms with Crippen LogP contribution in [0.3, 0.4) is 0 Å². The Morgan fingerprint density at radius 3 is 2.44 bits per heavy atom. The molecule has 0 fully saturated rings. The first-order chi connectivity index (χ1) is 15.5. The van der Waals surface area contributed by atoms with E-state index in [-0.39, 0.29) is 11.4 Å². The Bertz CT molecular complexity index is 1160. The molecular formula is C29H28O2S. The monoisotopic (exact) mass is 440 g/mol. The van der Waals surface area contributed by atoms with Gasteiger partial charge in [0.05, 0.1) is 12.2 Å². The van der Waals surface area contributed by atoms with Gasteiger partial charge in [-0.05, 0) is 65.3 Å². The molecule has 4 rings (SSSR count). The average molecular weight is 441 g/mol. The van der Waals surface area contributed by atoms with Crippen molar-refractivity contribution in [3.8, 4) is 0 Å². The predicted molar refractivity (Wildman–Crippen MR) is 136 cm³/mol. The maximum Gasteiger partial charge on any atom is 0.338 e. The maximum atomic E-state index is 11.9. The lowest BCUT2D eigenvalue weighted by Crippen LogP contribution is -2.21. The number of thioether (sulfide) groups is 1. The second-order valence-corrected chi connectivity index (χ2v) is 9.63. The van der Waals surface area contributed by atoms with Gasteiger partial charge in [0.1, 0.15) is 0 Å². The van der Waals surface area contributed by atoms with E-state index in [1.807, 2.05) is 43.0 Å². The predicted octanol–water partition coefficient (Wildman–Crippen LogP) is 7.85. The van der Waals surface area contributed by atoms with Crippen LogP contribution in [0.2, 0.25) is 0 Å². The Kier molecular flexibility index (Phi) is 6.66. The van der Waals surface area contributed by atoms with Crippen molar-refractivity contribution in [3.63, 3.8) is 0 Å². The number of rotatable bonds is 6. The molecule has 32 heavy (non-hydrogen) atoms. The first kappa shape index (κ1) is 22.2. The van der Waals surface area contributed by atoms with Crippen LogP contribution in [0.4, 0.5) is 0 Å². The van der Waals surface area contributed by atoms with Crippen molar-refractivity contribution in [1.29, 1.82) is 0 Å². The quantitative estimate of drug-likeness (QED) is 0.288. The minimum Gasteiger partial charge on any atom is -0.462 e. The summed E-state index contributed by atoms with van der Waals surface area (Å²) in [7, 11) is 0. The van der Waals surface area contributed by atoms with Gasteiger partial charge in [0.25, 0.3) is 0 Å². The molecule has 1 aliphatic carbocycles. The first-order valence-corrected chi connectivity index (χ1v) is 11.8. The molecule has 0 unspecified atom stereocenters.